The number of ether oxygens (including phenoxy) is 1. The number of likely N-dealkylation sites (tertiary alicyclic amines) is 1. The topological polar surface area (TPSA) is 92.9 Å². The Kier molecular flexibility index (Phi) is 4.70. The van der Waals surface area contributed by atoms with Crippen LogP contribution in [0.5, 0.6) is 0 Å². The van der Waals surface area contributed by atoms with Gasteiger partial charge >= 0.3 is 5.97 Å². The van der Waals surface area contributed by atoms with Crippen LogP contribution in [0.15, 0.2) is 0 Å². The van der Waals surface area contributed by atoms with Gasteiger partial charge in [-0.2, -0.15) is 0 Å². The van der Waals surface area contributed by atoms with Crippen LogP contribution in [0.1, 0.15) is 19.3 Å². The van der Waals surface area contributed by atoms with Crippen LogP contribution in [-0.2, 0) is 14.3 Å². The molecule has 0 spiro atoms. The molecule has 1 amide bonds. The Labute approximate surface area is 94.3 Å². The number of carboxylic acid groups (broad SMARTS) is 1. The summed E-state index contributed by atoms with van der Waals surface area (Å²) in [6.07, 6.45) is 1.09. The van der Waals surface area contributed by atoms with Gasteiger partial charge in [-0.25, -0.2) is 4.79 Å². The average Bonchev–Trinajstić information content (AvgIpc) is 2.74. The quantitative estimate of drug-likeness (QED) is 0.659. The predicted molar refractivity (Wildman–Crippen MR) is 56.8 cm³/mol. The van der Waals surface area contributed by atoms with Crippen LogP contribution in [0, 0.1) is 0 Å². The van der Waals surface area contributed by atoms with E-state index in [0.717, 1.165) is 6.42 Å². The van der Waals surface area contributed by atoms with E-state index in [1.165, 1.54) is 12.0 Å². The molecule has 3 N–H and O–H groups in total. The van der Waals surface area contributed by atoms with Gasteiger partial charge in [-0.05, 0) is 12.8 Å². The summed E-state index contributed by atoms with van der Waals surface area (Å²) >= 11 is 0. The molecule has 1 saturated heterocycles. The Hall–Kier alpha value is -1.14. The van der Waals surface area contributed by atoms with Crippen molar-refractivity contribution in [2.45, 2.75) is 31.4 Å². The Morgan fingerprint density at radius 3 is 2.81 bits per heavy atom. The number of hydrogen-bond donors (Lipinski definition) is 2. The molecule has 0 aromatic carbocycles. The molecule has 16 heavy (non-hydrogen) atoms. The molecular formula is C10H18N2O4. The van der Waals surface area contributed by atoms with Gasteiger partial charge in [0.15, 0.2) is 0 Å². The highest BCUT2D eigenvalue weighted by Gasteiger charge is 2.34. The molecule has 92 valence electrons. The van der Waals surface area contributed by atoms with Crippen molar-refractivity contribution >= 4 is 11.9 Å². The first-order valence-electron chi connectivity index (χ1n) is 5.35. The van der Waals surface area contributed by atoms with Crippen molar-refractivity contribution in [1.82, 2.24) is 4.90 Å². The van der Waals surface area contributed by atoms with Crippen molar-refractivity contribution in [2.24, 2.45) is 5.73 Å². The number of nitrogens with zero attached hydrogens (tertiary/aromatic N) is 1. The van der Waals surface area contributed by atoms with Gasteiger partial charge in [0.2, 0.25) is 5.91 Å². The van der Waals surface area contributed by atoms with Crippen molar-refractivity contribution in [3.05, 3.63) is 0 Å². The average molecular weight is 230 g/mol. The summed E-state index contributed by atoms with van der Waals surface area (Å²) in [5, 5.41) is 8.93. The third-order valence-electron chi connectivity index (χ3n) is 2.86. The third kappa shape index (κ3) is 2.93. The zero-order valence-electron chi connectivity index (χ0n) is 9.39. The molecule has 0 saturated carbocycles. The number of amides is 1. The Balaban J connectivity index is 2.56. The lowest BCUT2D eigenvalue weighted by Gasteiger charge is -2.23. The first kappa shape index (κ1) is 12.9. The Bertz CT molecular complexity index is 266. The number of methoxy groups -OCH3 is 1. The summed E-state index contributed by atoms with van der Waals surface area (Å²) in [5.74, 6) is -1.13. The second kappa shape index (κ2) is 5.81. The fourth-order valence-electron chi connectivity index (χ4n) is 1.90. The minimum Gasteiger partial charge on any atom is -0.480 e. The first-order valence-corrected chi connectivity index (χ1v) is 5.35. The Morgan fingerprint density at radius 2 is 2.31 bits per heavy atom. The molecule has 1 unspecified atom stereocenters. The first-order chi connectivity index (χ1) is 7.60. The number of nitrogens with two attached hydrogens (primary N) is 1. The van der Waals surface area contributed by atoms with Gasteiger partial charge in [-0.3, -0.25) is 4.79 Å². The lowest BCUT2D eigenvalue weighted by molar-refractivity contribution is -0.149. The summed E-state index contributed by atoms with van der Waals surface area (Å²) in [7, 11) is 1.49. The molecule has 6 heteroatoms. The van der Waals surface area contributed by atoms with Crippen LogP contribution in [0.2, 0.25) is 0 Å². The van der Waals surface area contributed by atoms with E-state index >= 15 is 0 Å². The molecule has 1 aliphatic heterocycles. The molecule has 0 aliphatic carbocycles. The maximum absolute atomic E-state index is 11.8. The fourth-order valence-corrected chi connectivity index (χ4v) is 1.90. The van der Waals surface area contributed by atoms with Gasteiger partial charge in [0, 0.05) is 20.2 Å². The van der Waals surface area contributed by atoms with Crippen molar-refractivity contribution in [3.63, 3.8) is 0 Å². The largest absolute Gasteiger partial charge is 0.480 e. The number of rotatable bonds is 5. The zero-order chi connectivity index (χ0) is 12.1. The van der Waals surface area contributed by atoms with Gasteiger partial charge in [-0.1, -0.05) is 0 Å². The van der Waals surface area contributed by atoms with E-state index in [2.05, 4.69) is 0 Å². The highest BCUT2D eigenvalue weighted by molar-refractivity contribution is 5.84. The van der Waals surface area contributed by atoms with E-state index in [1.54, 1.807) is 0 Å². The normalized spacial score (nSPS) is 22.1. The van der Waals surface area contributed by atoms with E-state index in [0.29, 0.717) is 13.0 Å². The number of carboxylic acids is 1. The number of carbonyl (C=O) groups excluding carboxylic acids is 1. The van der Waals surface area contributed by atoms with Crippen LogP contribution < -0.4 is 5.73 Å². The molecule has 2 atom stereocenters. The molecule has 1 rings (SSSR count). The highest BCUT2D eigenvalue weighted by atomic mass is 16.5. The van der Waals surface area contributed by atoms with E-state index in [4.69, 9.17) is 15.6 Å². The second-order valence-corrected chi connectivity index (χ2v) is 3.88. The molecule has 1 aliphatic rings. The van der Waals surface area contributed by atoms with Crippen LogP contribution in [-0.4, -0.2) is 54.2 Å². The predicted octanol–water partition coefficient (Wildman–Crippen LogP) is -0.574. The summed E-state index contributed by atoms with van der Waals surface area (Å²) < 4.78 is 5.01. The standard InChI is InChI=1S/C10H18N2O4/c1-16-7(6-11)5-9(13)12-4-2-3-8(12)10(14)15/h7-8H,2-6,11H2,1H3,(H,14,15)/t7?,8-/m1/s1. The smallest absolute Gasteiger partial charge is 0.326 e. The Morgan fingerprint density at radius 1 is 1.62 bits per heavy atom. The van der Waals surface area contributed by atoms with Crippen LogP contribution in [0.25, 0.3) is 0 Å². The second-order valence-electron chi connectivity index (χ2n) is 3.88. The van der Waals surface area contributed by atoms with Crippen LogP contribution >= 0.6 is 0 Å². The monoisotopic (exact) mass is 230 g/mol. The number of carbonyl (C=O) groups is 2. The molecule has 6 nitrogen and oxygen atoms in total. The number of aliphatic carboxylic acids is 1. The molecule has 0 aromatic rings. The maximum atomic E-state index is 11.8. The SMILES string of the molecule is COC(CN)CC(=O)N1CCC[C@@H]1C(=O)O. The molecule has 0 bridgehead atoms. The fraction of sp³-hybridized carbons (Fsp3) is 0.800. The highest BCUT2D eigenvalue weighted by Crippen LogP contribution is 2.19. The van der Waals surface area contributed by atoms with Gasteiger partial charge in [0.05, 0.1) is 12.5 Å². The van der Waals surface area contributed by atoms with E-state index in [1.807, 2.05) is 0 Å². The summed E-state index contributed by atoms with van der Waals surface area (Å²) in [6.45, 7) is 0.768. The number of hydrogen-bond acceptors (Lipinski definition) is 4. The summed E-state index contributed by atoms with van der Waals surface area (Å²) in [6, 6.07) is -0.678. The molecule has 1 fully saturated rings. The van der Waals surface area contributed by atoms with Gasteiger partial charge in [0.25, 0.3) is 0 Å². The van der Waals surface area contributed by atoms with Gasteiger partial charge in [0.1, 0.15) is 6.04 Å². The van der Waals surface area contributed by atoms with Crippen molar-refractivity contribution in [3.8, 4) is 0 Å². The van der Waals surface area contributed by atoms with Gasteiger partial charge in [-0.15, -0.1) is 0 Å². The molecule has 1 heterocycles. The minimum atomic E-state index is -0.937. The van der Waals surface area contributed by atoms with Crippen molar-refractivity contribution in [2.75, 3.05) is 20.2 Å². The van der Waals surface area contributed by atoms with Crippen LogP contribution in [0.4, 0.5) is 0 Å². The third-order valence-corrected chi connectivity index (χ3v) is 2.86. The van der Waals surface area contributed by atoms with Crippen LogP contribution in [0.3, 0.4) is 0 Å². The molecular weight excluding hydrogens is 212 g/mol. The van der Waals surface area contributed by atoms with Gasteiger partial charge < -0.3 is 20.5 Å². The minimum absolute atomic E-state index is 0.150. The lowest BCUT2D eigenvalue weighted by atomic mass is 10.2. The summed E-state index contributed by atoms with van der Waals surface area (Å²) in [4.78, 5) is 24.1. The van der Waals surface area contributed by atoms with E-state index in [-0.39, 0.29) is 25.0 Å². The van der Waals surface area contributed by atoms with Crippen molar-refractivity contribution < 1.29 is 19.4 Å². The van der Waals surface area contributed by atoms with E-state index in [9.17, 15) is 9.59 Å². The lowest BCUT2D eigenvalue weighted by Crippen LogP contribution is -2.42. The summed E-state index contributed by atoms with van der Waals surface area (Å²) in [5.41, 5.74) is 5.41. The van der Waals surface area contributed by atoms with Crippen molar-refractivity contribution in [1.29, 1.82) is 0 Å². The molecule has 0 radical (unpaired) electrons. The van der Waals surface area contributed by atoms with E-state index < -0.39 is 12.0 Å². The molecule has 0 aromatic heterocycles. The maximum Gasteiger partial charge on any atom is 0.326 e. The zero-order valence-corrected chi connectivity index (χ0v) is 9.39.